The molecule has 0 spiro atoms. The first-order valence-electron chi connectivity index (χ1n) is 5.58. The number of esters is 1. The smallest absolute Gasteiger partial charge is 0.309 e. The van der Waals surface area contributed by atoms with Gasteiger partial charge in [-0.3, -0.25) is 9.78 Å². The summed E-state index contributed by atoms with van der Waals surface area (Å²) in [6, 6.07) is 3.92. The molecule has 0 N–H and O–H groups in total. The third-order valence-corrected chi connectivity index (χ3v) is 2.71. The molecule has 1 unspecified atom stereocenters. The summed E-state index contributed by atoms with van der Waals surface area (Å²) >= 11 is 0. The van der Waals surface area contributed by atoms with E-state index in [1.807, 2.05) is 31.2 Å². The van der Waals surface area contributed by atoms with E-state index in [1.165, 1.54) is 0 Å². The van der Waals surface area contributed by atoms with Crippen LogP contribution in [0.15, 0.2) is 24.4 Å². The first-order valence-corrected chi connectivity index (χ1v) is 5.58. The topological polar surface area (TPSA) is 39.2 Å². The average molecular weight is 217 g/mol. The highest BCUT2D eigenvalue weighted by Crippen LogP contribution is 2.22. The Balaban J connectivity index is 2.18. The zero-order chi connectivity index (χ0) is 11.4. The summed E-state index contributed by atoms with van der Waals surface area (Å²) in [5.74, 6) is -0.175. The number of ether oxygens (including phenoxy) is 1. The highest BCUT2D eigenvalue weighted by atomic mass is 16.5. The Bertz CT molecular complexity index is 412. The number of allylic oxidation sites excluding steroid dienone is 1. The molecule has 16 heavy (non-hydrogen) atoms. The average Bonchev–Trinajstić information content (AvgIpc) is 2.51. The molecule has 0 aromatic carbocycles. The molecule has 0 saturated heterocycles. The Morgan fingerprint density at radius 1 is 1.62 bits per heavy atom. The van der Waals surface area contributed by atoms with Gasteiger partial charge in [0.2, 0.25) is 0 Å². The van der Waals surface area contributed by atoms with Crippen molar-refractivity contribution in [2.24, 2.45) is 5.92 Å². The highest BCUT2D eigenvalue weighted by molar-refractivity contribution is 5.74. The lowest BCUT2D eigenvalue weighted by molar-refractivity contribution is -0.147. The van der Waals surface area contributed by atoms with Crippen LogP contribution in [0.2, 0.25) is 0 Å². The van der Waals surface area contributed by atoms with Crippen LogP contribution in [0.25, 0.3) is 6.08 Å². The fourth-order valence-electron chi connectivity index (χ4n) is 1.91. The number of fused-ring (bicyclic) bond motifs is 1. The van der Waals surface area contributed by atoms with Gasteiger partial charge < -0.3 is 4.74 Å². The van der Waals surface area contributed by atoms with Crippen LogP contribution >= 0.6 is 0 Å². The third-order valence-electron chi connectivity index (χ3n) is 2.71. The van der Waals surface area contributed by atoms with Gasteiger partial charge in [-0.15, -0.1) is 0 Å². The number of carbonyl (C=O) groups is 1. The van der Waals surface area contributed by atoms with Crippen molar-refractivity contribution in [3.8, 4) is 0 Å². The number of aromatic nitrogens is 1. The number of pyridine rings is 1. The van der Waals surface area contributed by atoms with Crippen LogP contribution in [0.5, 0.6) is 0 Å². The molecule has 0 aliphatic heterocycles. The quantitative estimate of drug-likeness (QED) is 0.713. The van der Waals surface area contributed by atoms with E-state index in [4.69, 9.17) is 4.74 Å². The molecule has 3 nitrogen and oxygen atoms in total. The SMILES string of the molecule is CCOC(=O)C1CC=Cc2ncccc2C1. The van der Waals surface area contributed by atoms with Crippen LogP contribution < -0.4 is 0 Å². The summed E-state index contributed by atoms with van der Waals surface area (Å²) in [5, 5.41) is 0. The van der Waals surface area contributed by atoms with Gasteiger partial charge in [0.1, 0.15) is 0 Å². The molecule has 0 bridgehead atoms. The summed E-state index contributed by atoms with van der Waals surface area (Å²) in [4.78, 5) is 16.0. The summed E-state index contributed by atoms with van der Waals surface area (Å²) in [7, 11) is 0. The van der Waals surface area contributed by atoms with Gasteiger partial charge in [-0.05, 0) is 37.5 Å². The van der Waals surface area contributed by atoms with Crippen molar-refractivity contribution in [3.63, 3.8) is 0 Å². The summed E-state index contributed by atoms with van der Waals surface area (Å²) in [6.07, 6.45) is 7.20. The second-order valence-corrected chi connectivity index (χ2v) is 3.84. The normalized spacial score (nSPS) is 18.7. The van der Waals surface area contributed by atoms with Gasteiger partial charge in [-0.25, -0.2) is 0 Å². The van der Waals surface area contributed by atoms with Crippen molar-refractivity contribution >= 4 is 12.0 Å². The van der Waals surface area contributed by atoms with E-state index in [0.717, 1.165) is 24.1 Å². The van der Waals surface area contributed by atoms with Gasteiger partial charge in [-0.2, -0.15) is 0 Å². The molecule has 1 aromatic heterocycles. The first-order chi connectivity index (χ1) is 7.81. The maximum absolute atomic E-state index is 11.7. The predicted molar refractivity (Wildman–Crippen MR) is 61.7 cm³/mol. The molecule has 84 valence electrons. The van der Waals surface area contributed by atoms with E-state index in [0.29, 0.717) is 6.61 Å². The van der Waals surface area contributed by atoms with Crippen molar-refractivity contribution in [3.05, 3.63) is 35.7 Å². The third kappa shape index (κ3) is 2.30. The molecule has 3 heteroatoms. The maximum Gasteiger partial charge on any atom is 0.309 e. The molecule has 1 aliphatic rings. The van der Waals surface area contributed by atoms with Gasteiger partial charge in [0.15, 0.2) is 0 Å². The van der Waals surface area contributed by atoms with Gasteiger partial charge >= 0.3 is 5.97 Å². The number of hydrogen-bond donors (Lipinski definition) is 0. The number of rotatable bonds is 2. The number of hydrogen-bond acceptors (Lipinski definition) is 3. The van der Waals surface area contributed by atoms with Crippen molar-refractivity contribution in [1.82, 2.24) is 4.98 Å². The molecule has 1 aromatic rings. The van der Waals surface area contributed by atoms with Crippen molar-refractivity contribution in [2.45, 2.75) is 19.8 Å². The molecule has 0 fully saturated rings. The molecule has 0 amide bonds. The standard InChI is InChI=1S/C13H15NO2/c1-2-16-13(15)11-5-3-7-12-10(9-11)6-4-8-14-12/h3-4,6-8,11H,2,5,9H2,1H3. The Labute approximate surface area is 95.2 Å². The second kappa shape index (κ2) is 4.92. The fourth-order valence-corrected chi connectivity index (χ4v) is 1.91. The van der Waals surface area contributed by atoms with Gasteiger partial charge in [0.25, 0.3) is 0 Å². The van der Waals surface area contributed by atoms with Crippen molar-refractivity contribution in [1.29, 1.82) is 0 Å². The van der Waals surface area contributed by atoms with Crippen LogP contribution in [-0.2, 0) is 16.0 Å². The molecule has 1 atom stereocenters. The lowest BCUT2D eigenvalue weighted by Gasteiger charge is -2.12. The zero-order valence-electron chi connectivity index (χ0n) is 9.35. The first kappa shape index (κ1) is 10.9. The summed E-state index contributed by atoms with van der Waals surface area (Å²) in [5.41, 5.74) is 2.09. The summed E-state index contributed by atoms with van der Waals surface area (Å²) in [6.45, 7) is 2.28. The lowest BCUT2D eigenvalue weighted by Crippen LogP contribution is -2.19. The van der Waals surface area contributed by atoms with Crippen LogP contribution in [0.1, 0.15) is 24.6 Å². The van der Waals surface area contributed by atoms with Gasteiger partial charge in [0.05, 0.1) is 18.2 Å². The van der Waals surface area contributed by atoms with Crippen LogP contribution in [0.4, 0.5) is 0 Å². The zero-order valence-corrected chi connectivity index (χ0v) is 9.35. The minimum absolute atomic E-state index is 0.0679. The molecule has 0 radical (unpaired) electrons. The Morgan fingerprint density at radius 2 is 2.50 bits per heavy atom. The van der Waals surface area contributed by atoms with Crippen LogP contribution in [-0.4, -0.2) is 17.6 Å². The minimum atomic E-state index is -0.108. The van der Waals surface area contributed by atoms with E-state index in [2.05, 4.69) is 4.98 Å². The maximum atomic E-state index is 11.7. The minimum Gasteiger partial charge on any atom is -0.466 e. The number of nitrogens with zero attached hydrogens (tertiary/aromatic N) is 1. The fraction of sp³-hybridized carbons (Fsp3) is 0.385. The largest absolute Gasteiger partial charge is 0.466 e. The summed E-state index contributed by atoms with van der Waals surface area (Å²) < 4.78 is 5.06. The van der Waals surface area contributed by atoms with Gasteiger partial charge in [0, 0.05) is 6.20 Å². The molecule has 0 saturated carbocycles. The Kier molecular flexibility index (Phi) is 3.34. The molecular formula is C13H15NO2. The molecule has 1 aliphatic carbocycles. The van der Waals surface area contributed by atoms with Gasteiger partial charge in [-0.1, -0.05) is 12.1 Å². The van der Waals surface area contributed by atoms with Crippen LogP contribution in [0, 0.1) is 5.92 Å². The molecule has 2 rings (SSSR count). The van der Waals surface area contributed by atoms with E-state index in [9.17, 15) is 4.79 Å². The number of carbonyl (C=O) groups excluding carboxylic acids is 1. The van der Waals surface area contributed by atoms with Crippen LogP contribution in [0.3, 0.4) is 0 Å². The Hall–Kier alpha value is -1.64. The highest BCUT2D eigenvalue weighted by Gasteiger charge is 2.21. The van der Waals surface area contributed by atoms with Crippen molar-refractivity contribution in [2.75, 3.05) is 6.61 Å². The van der Waals surface area contributed by atoms with E-state index < -0.39 is 0 Å². The monoisotopic (exact) mass is 217 g/mol. The van der Waals surface area contributed by atoms with E-state index in [1.54, 1.807) is 6.20 Å². The Morgan fingerprint density at radius 3 is 3.31 bits per heavy atom. The predicted octanol–water partition coefficient (Wildman–Crippen LogP) is 2.22. The van der Waals surface area contributed by atoms with E-state index in [-0.39, 0.29) is 11.9 Å². The van der Waals surface area contributed by atoms with E-state index >= 15 is 0 Å². The van der Waals surface area contributed by atoms with Crippen molar-refractivity contribution < 1.29 is 9.53 Å². The molecule has 1 heterocycles. The second-order valence-electron chi connectivity index (χ2n) is 3.84. The lowest BCUT2D eigenvalue weighted by atomic mass is 9.98. The molecular weight excluding hydrogens is 202 g/mol.